The molecule has 1 saturated carbocycles. The maximum atomic E-state index is 12.5. The zero-order valence-electron chi connectivity index (χ0n) is 15.3. The molecule has 3 heteroatoms. The third kappa shape index (κ3) is 4.80. The van der Waals surface area contributed by atoms with Crippen molar-refractivity contribution in [2.45, 2.75) is 65.7 Å². The van der Waals surface area contributed by atoms with Gasteiger partial charge in [0.15, 0.2) is 0 Å². The Morgan fingerprint density at radius 3 is 2.29 bits per heavy atom. The van der Waals surface area contributed by atoms with Crippen LogP contribution in [0.15, 0.2) is 23.8 Å². The summed E-state index contributed by atoms with van der Waals surface area (Å²) in [7, 11) is 0. The summed E-state index contributed by atoms with van der Waals surface area (Å²) in [6, 6.07) is 4.45. The Morgan fingerprint density at radius 2 is 1.79 bits per heavy atom. The van der Waals surface area contributed by atoms with E-state index in [1.165, 1.54) is 29.5 Å². The second-order valence-corrected chi connectivity index (χ2v) is 6.66. The van der Waals surface area contributed by atoms with Gasteiger partial charge in [-0.3, -0.25) is 4.79 Å². The highest BCUT2D eigenvalue weighted by Gasteiger charge is 2.25. The van der Waals surface area contributed by atoms with Crippen molar-refractivity contribution in [1.82, 2.24) is 0 Å². The van der Waals surface area contributed by atoms with Gasteiger partial charge in [0.25, 0.3) is 0 Å². The van der Waals surface area contributed by atoms with Crippen molar-refractivity contribution in [3.63, 3.8) is 0 Å². The van der Waals surface area contributed by atoms with Gasteiger partial charge < -0.3 is 4.74 Å². The summed E-state index contributed by atoms with van der Waals surface area (Å²) >= 11 is 0. The first-order chi connectivity index (χ1) is 11.5. The molecule has 0 atom stereocenters. The van der Waals surface area contributed by atoms with Crippen LogP contribution in [0, 0.1) is 13.8 Å². The zero-order chi connectivity index (χ0) is 17.7. The number of allylic oxidation sites excluding steroid dienone is 1. The molecule has 0 bridgehead atoms. The van der Waals surface area contributed by atoms with Gasteiger partial charge in [-0.2, -0.15) is 0 Å². The third-order valence-electron chi connectivity index (χ3n) is 4.52. The summed E-state index contributed by atoms with van der Waals surface area (Å²) in [4.78, 5) is 24.4. The van der Waals surface area contributed by atoms with Crippen LogP contribution in [0.25, 0.3) is 0 Å². The van der Waals surface area contributed by atoms with E-state index in [0.717, 1.165) is 17.9 Å². The monoisotopic (exact) mass is 328 g/mol. The van der Waals surface area contributed by atoms with Crippen LogP contribution in [0.3, 0.4) is 0 Å². The lowest BCUT2D eigenvalue weighted by molar-refractivity contribution is -0.139. The Labute approximate surface area is 145 Å². The van der Waals surface area contributed by atoms with E-state index < -0.39 is 0 Å². The van der Waals surface area contributed by atoms with Crippen molar-refractivity contribution in [2.75, 3.05) is 6.61 Å². The number of carbonyl (C=O) groups is 2. The quantitative estimate of drug-likeness (QED) is 0.518. The van der Waals surface area contributed by atoms with Crippen molar-refractivity contribution in [3.8, 4) is 0 Å². The highest BCUT2D eigenvalue weighted by molar-refractivity contribution is 5.96. The van der Waals surface area contributed by atoms with Crippen molar-refractivity contribution in [3.05, 3.63) is 46.0 Å². The van der Waals surface area contributed by atoms with E-state index >= 15 is 0 Å². The van der Waals surface area contributed by atoms with Crippen molar-refractivity contribution < 1.29 is 14.3 Å². The molecule has 3 nitrogen and oxygen atoms in total. The van der Waals surface area contributed by atoms with E-state index in [1.807, 2.05) is 6.92 Å². The van der Waals surface area contributed by atoms with Crippen LogP contribution < -0.4 is 0 Å². The molecule has 0 spiro atoms. The first-order valence-corrected chi connectivity index (χ1v) is 8.94. The molecule has 1 aromatic rings. The molecule has 24 heavy (non-hydrogen) atoms. The number of carbonyl (C=O) groups excluding carboxylic acids is 2. The molecule has 0 N–H and O–H groups in total. The lowest BCUT2D eigenvalue weighted by Crippen LogP contribution is -2.14. The second kappa shape index (κ2) is 8.27. The summed E-state index contributed by atoms with van der Waals surface area (Å²) in [5.74, 6) is 0.411. The summed E-state index contributed by atoms with van der Waals surface area (Å²) in [5, 5.41) is 0. The predicted molar refractivity (Wildman–Crippen MR) is 96.2 cm³/mol. The Balaban J connectivity index is 2.08. The number of hydrogen-bond acceptors (Lipinski definition) is 3. The molecule has 0 aliphatic heterocycles. The molecule has 0 radical (unpaired) electrons. The topological polar surface area (TPSA) is 43.4 Å². The van der Waals surface area contributed by atoms with Gasteiger partial charge in [0.2, 0.25) is 0 Å². The number of Topliss-reactive ketones (excluding diaryl/α,β-unsaturated/α-hetero) is 1. The van der Waals surface area contributed by atoms with Crippen molar-refractivity contribution in [2.24, 2.45) is 0 Å². The molecule has 1 aliphatic carbocycles. The number of rotatable bonds is 8. The Hall–Kier alpha value is -1.90. The number of hydrogen-bond donors (Lipinski definition) is 0. The smallest absolute Gasteiger partial charge is 0.334 e. The number of benzene rings is 1. The van der Waals surface area contributed by atoms with Crippen LogP contribution in [0.5, 0.6) is 0 Å². The molecule has 2 rings (SSSR count). The first kappa shape index (κ1) is 18.4. The SMILES string of the molecule is CC/C=C(/CC(=O)Cc1c(C)cc(C2CC2)cc1C)C(=O)OCC. The van der Waals surface area contributed by atoms with Gasteiger partial charge >= 0.3 is 5.97 Å². The van der Waals surface area contributed by atoms with Gasteiger partial charge in [-0.25, -0.2) is 4.79 Å². The van der Waals surface area contributed by atoms with Gasteiger partial charge in [-0.05, 0) is 68.2 Å². The average molecular weight is 328 g/mol. The van der Waals surface area contributed by atoms with Gasteiger partial charge in [-0.1, -0.05) is 25.1 Å². The predicted octanol–water partition coefficient (Wildman–Crippen LogP) is 4.58. The van der Waals surface area contributed by atoms with Crippen molar-refractivity contribution in [1.29, 1.82) is 0 Å². The Kier molecular flexibility index (Phi) is 6.36. The number of ether oxygens (including phenoxy) is 1. The fourth-order valence-corrected chi connectivity index (χ4v) is 3.13. The lowest BCUT2D eigenvalue weighted by Gasteiger charge is -2.13. The van der Waals surface area contributed by atoms with Gasteiger partial charge in [0, 0.05) is 18.4 Å². The van der Waals surface area contributed by atoms with Gasteiger partial charge in [0.05, 0.1) is 6.61 Å². The first-order valence-electron chi connectivity index (χ1n) is 8.94. The molecule has 1 aromatic carbocycles. The normalized spacial score (nSPS) is 14.6. The summed E-state index contributed by atoms with van der Waals surface area (Å²) in [5.41, 5.74) is 5.35. The van der Waals surface area contributed by atoms with E-state index in [0.29, 0.717) is 18.6 Å². The average Bonchev–Trinajstić information content (AvgIpc) is 3.35. The van der Waals surface area contributed by atoms with Gasteiger partial charge in [-0.15, -0.1) is 0 Å². The van der Waals surface area contributed by atoms with E-state index in [4.69, 9.17) is 4.74 Å². The Bertz CT molecular complexity index is 628. The Morgan fingerprint density at radius 1 is 1.17 bits per heavy atom. The van der Waals surface area contributed by atoms with Crippen LogP contribution in [0.4, 0.5) is 0 Å². The maximum Gasteiger partial charge on any atom is 0.334 e. The second-order valence-electron chi connectivity index (χ2n) is 6.66. The standard InChI is InChI=1S/C21H28O3/c1-5-7-17(21(23)24-6-2)12-19(22)13-20-14(3)10-18(11-15(20)4)16-8-9-16/h7,10-11,16H,5-6,8-9,12-13H2,1-4H3/b17-7-. The van der Waals surface area contributed by atoms with Crippen LogP contribution >= 0.6 is 0 Å². The van der Waals surface area contributed by atoms with Crippen LogP contribution in [0.1, 0.15) is 67.7 Å². The maximum absolute atomic E-state index is 12.5. The minimum atomic E-state index is -0.370. The molecule has 1 fully saturated rings. The van der Waals surface area contributed by atoms with Crippen LogP contribution in [-0.2, 0) is 20.7 Å². The van der Waals surface area contributed by atoms with Crippen LogP contribution in [-0.4, -0.2) is 18.4 Å². The molecule has 0 amide bonds. The molecule has 1 aliphatic rings. The summed E-state index contributed by atoms with van der Waals surface area (Å²) in [6.07, 6.45) is 5.60. The van der Waals surface area contributed by atoms with Crippen LogP contribution in [0.2, 0.25) is 0 Å². The van der Waals surface area contributed by atoms with Gasteiger partial charge in [0.1, 0.15) is 5.78 Å². The molecule has 130 valence electrons. The molecule has 0 unspecified atom stereocenters. The van der Waals surface area contributed by atoms with E-state index in [1.54, 1.807) is 13.0 Å². The number of aryl methyl sites for hydroxylation is 2. The molecule has 0 saturated heterocycles. The minimum Gasteiger partial charge on any atom is -0.463 e. The molecule has 0 aromatic heterocycles. The zero-order valence-corrected chi connectivity index (χ0v) is 15.3. The molecule has 0 heterocycles. The highest BCUT2D eigenvalue weighted by Crippen LogP contribution is 2.41. The summed E-state index contributed by atoms with van der Waals surface area (Å²) in [6.45, 7) is 8.21. The summed E-state index contributed by atoms with van der Waals surface area (Å²) < 4.78 is 5.04. The van der Waals surface area contributed by atoms with E-state index in [-0.39, 0.29) is 18.2 Å². The molecular formula is C21H28O3. The van der Waals surface area contributed by atoms with E-state index in [2.05, 4.69) is 26.0 Å². The van der Waals surface area contributed by atoms with E-state index in [9.17, 15) is 9.59 Å². The lowest BCUT2D eigenvalue weighted by atomic mass is 9.92. The largest absolute Gasteiger partial charge is 0.463 e. The number of esters is 1. The number of ketones is 1. The fourth-order valence-electron chi connectivity index (χ4n) is 3.13. The fraction of sp³-hybridized carbons (Fsp3) is 0.524. The minimum absolute atomic E-state index is 0.0631. The highest BCUT2D eigenvalue weighted by atomic mass is 16.5. The third-order valence-corrected chi connectivity index (χ3v) is 4.52. The molecular weight excluding hydrogens is 300 g/mol. The van der Waals surface area contributed by atoms with Crippen molar-refractivity contribution >= 4 is 11.8 Å².